The first kappa shape index (κ1) is 12.2. The Labute approximate surface area is 101 Å². The lowest BCUT2D eigenvalue weighted by Crippen LogP contribution is -2.30. The van der Waals surface area contributed by atoms with Crippen LogP contribution in [0.15, 0.2) is 48.8 Å². The van der Waals surface area contributed by atoms with Gasteiger partial charge in [-0.2, -0.15) is 13.2 Å². The van der Waals surface area contributed by atoms with Gasteiger partial charge in [-0.1, -0.05) is 12.1 Å². The molecule has 0 aliphatic heterocycles. The Bertz CT molecular complexity index is 547. The molecule has 1 aromatic heterocycles. The van der Waals surface area contributed by atoms with Gasteiger partial charge in [0.05, 0.1) is 11.4 Å². The van der Waals surface area contributed by atoms with Crippen molar-refractivity contribution in [2.75, 3.05) is 5.32 Å². The molecule has 2 rings (SSSR count). The minimum atomic E-state index is -4.90. The largest absolute Gasteiger partial charge is 0.471 e. The number of anilines is 1. The van der Waals surface area contributed by atoms with Crippen LogP contribution in [0.2, 0.25) is 0 Å². The fourth-order valence-electron chi connectivity index (χ4n) is 1.49. The highest BCUT2D eigenvalue weighted by Gasteiger charge is 2.38. The zero-order valence-electron chi connectivity index (χ0n) is 9.11. The van der Waals surface area contributed by atoms with Crippen LogP contribution in [0.1, 0.15) is 0 Å². The number of rotatable bonds is 2. The molecule has 0 saturated carbocycles. The zero-order valence-corrected chi connectivity index (χ0v) is 9.11. The van der Waals surface area contributed by atoms with E-state index in [-0.39, 0.29) is 5.69 Å². The van der Waals surface area contributed by atoms with Crippen molar-refractivity contribution < 1.29 is 18.0 Å². The molecule has 18 heavy (non-hydrogen) atoms. The molecule has 0 fully saturated rings. The number of hydrogen-bond donors (Lipinski definition) is 1. The maximum atomic E-state index is 12.2. The van der Waals surface area contributed by atoms with E-state index in [1.54, 1.807) is 47.3 Å². The van der Waals surface area contributed by atoms with E-state index in [9.17, 15) is 18.0 Å². The number of para-hydroxylation sites is 2. The maximum Gasteiger partial charge on any atom is 0.471 e. The summed E-state index contributed by atoms with van der Waals surface area (Å²) in [6, 6.07) is 9.74. The van der Waals surface area contributed by atoms with Crippen molar-refractivity contribution in [1.29, 1.82) is 0 Å². The van der Waals surface area contributed by atoms with Gasteiger partial charge < -0.3 is 9.88 Å². The molecular formula is C12H9F3N2O. The van der Waals surface area contributed by atoms with Crippen LogP contribution in [-0.2, 0) is 4.79 Å². The summed E-state index contributed by atoms with van der Waals surface area (Å²) in [7, 11) is 0. The number of benzene rings is 1. The smallest absolute Gasteiger partial charge is 0.322 e. The van der Waals surface area contributed by atoms with Crippen LogP contribution >= 0.6 is 0 Å². The number of halogens is 3. The van der Waals surface area contributed by atoms with Gasteiger partial charge in [0.15, 0.2) is 0 Å². The normalized spacial score (nSPS) is 11.3. The Balaban J connectivity index is 2.32. The maximum absolute atomic E-state index is 12.2. The number of carbonyl (C=O) groups excluding carboxylic acids is 1. The van der Waals surface area contributed by atoms with Crippen molar-refractivity contribution in [2.45, 2.75) is 6.18 Å². The van der Waals surface area contributed by atoms with Crippen LogP contribution in [0.5, 0.6) is 0 Å². The van der Waals surface area contributed by atoms with Gasteiger partial charge in [0, 0.05) is 12.4 Å². The highest BCUT2D eigenvalue weighted by atomic mass is 19.4. The van der Waals surface area contributed by atoms with Crippen molar-refractivity contribution in [2.24, 2.45) is 0 Å². The predicted octanol–water partition coefficient (Wildman–Crippen LogP) is 2.98. The standard InChI is InChI=1S/C12H9F3N2O/c13-12(14,15)11(18)16-9-5-1-2-6-10(9)17-7-3-4-8-17/h1-8H,(H,16,18). The van der Waals surface area contributed by atoms with Crippen LogP contribution in [-0.4, -0.2) is 16.7 Å². The molecule has 0 atom stereocenters. The summed E-state index contributed by atoms with van der Waals surface area (Å²) >= 11 is 0. The molecule has 0 bridgehead atoms. The van der Waals surface area contributed by atoms with Gasteiger partial charge in [-0.3, -0.25) is 4.79 Å². The average molecular weight is 254 g/mol. The van der Waals surface area contributed by atoms with Gasteiger partial charge in [0.1, 0.15) is 0 Å². The molecule has 0 aliphatic carbocycles. The van der Waals surface area contributed by atoms with Crippen LogP contribution in [0.4, 0.5) is 18.9 Å². The van der Waals surface area contributed by atoms with Gasteiger partial charge in [-0.15, -0.1) is 0 Å². The first-order valence-corrected chi connectivity index (χ1v) is 5.09. The number of nitrogens with one attached hydrogen (secondary N) is 1. The molecule has 0 radical (unpaired) electrons. The van der Waals surface area contributed by atoms with Gasteiger partial charge in [0.25, 0.3) is 0 Å². The number of nitrogens with zero attached hydrogens (tertiary/aromatic N) is 1. The molecule has 0 saturated heterocycles. The van der Waals surface area contributed by atoms with Crippen LogP contribution < -0.4 is 5.32 Å². The van der Waals surface area contributed by atoms with E-state index in [0.717, 1.165) is 0 Å². The van der Waals surface area contributed by atoms with Crippen molar-refractivity contribution in [3.63, 3.8) is 0 Å². The van der Waals surface area contributed by atoms with Crippen LogP contribution in [0.25, 0.3) is 5.69 Å². The molecule has 1 N–H and O–H groups in total. The summed E-state index contributed by atoms with van der Waals surface area (Å²) < 4.78 is 38.2. The molecule has 0 unspecified atom stereocenters. The molecule has 2 aromatic rings. The van der Waals surface area contributed by atoms with Gasteiger partial charge in [-0.25, -0.2) is 0 Å². The number of hydrogen-bond acceptors (Lipinski definition) is 1. The molecule has 1 amide bonds. The van der Waals surface area contributed by atoms with E-state index in [2.05, 4.69) is 0 Å². The highest BCUT2D eigenvalue weighted by molar-refractivity contribution is 5.96. The molecule has 6 heteroatoms. The third kappa shape index (κ3) is 2.53. The first-order valence-electron chi connectivity index (χ1n) is 5.09. The second kappa shape index (κ2) is 4.56. The minimum absolute atomic E-state index is 0.107. The zero-order chi connectivity index (χ0) is 13.2. The minimum Gasteiger partial charge on any atom is -0.322 e. The number of amides is 1. The lowest BCUT2D eigenvalue weighted by Gasteiger charge is -2.12. The lowest BCUT2D eigenvalue weighted by atomic mass is 10.2. The fourth-order valence-corrected chi connectivity index (χ4v) is 1.49. The Morgan fingerprint density at radius 2 is 1.67 bits per heavy atom. The topological polar surface area (TPSA) is 34.0 Å². The average Bonchev–Trinajstić information content (AvgIpc) is 2.82. The number of carbonyl (C=O) groups is 1. The number of aromatic nitrogens is 1. The molecule has 3 nitrogen and oxygen atoms in total. The number of alkyl halides is 3. The van der Waals surface area contributed by atoms with E-state index in [4.69, 9.17) is 0 Å². The molecule has 94 valence electrons. The predicted molar refractivity (Wildman–Crippen MR) is 60.5 cm³/mol. The van der Waals surface area contributed by atoms with E-state index in [1.807, 2.05) is 5.32 Å². The Hall–Kier alpha value is -2.24. The summed E-state index contributed by atoms with van der Waals surface area (Å²) in [5.41, 5.74) is 0.580. The molecule has 1 aromatic carbocycles. The summed E-state index contributed by atoms with van der Waals surface area (Å²) in [5, 5.41) is 1.85. The first-order chi connectivity index (χ1) is 8.48. The summed E-state index contributed by atoms with van der Waals surface area (Å²) in [5.74, 6) is -1.98. The molecule has 0 spiro atoms. The van der Waals surface area contributed by atoms with Gasteiger partial charge >= 0.3 is 12.1 Å². The van der Waals surface area contributed by atoms with Crippen molar-refractivity contribution in [3.05, 3.63) is 48.8 Å². The summed E-state index contributed by atoms with van der Waals surface area (Å²) in [6.07, 6.45) is -1.54. The SMILES string of the molecule is O=C(Nc1ccccc1-n1cccc1)C(F)(F)F. The van der Waals surface area contributed by atoms with Crippen LogP contribution in [0.3, 0.4) is 0 Å². The fraction of sp³-hybridized carbons (Fsp3) is 0.0833. The van der Waals surface area contributed by atoms with Gasteiger partial charge in [-0.05, 0) is 24.3 Å². The van der Waals surface area contributed by atoms with E-state index < -0.39 is 12.1 Å². The molecular weight excluding hydrogens is 245 g/mol. The Morgan fingerprint density at radius 1 is 1.06 bits per heavy atom. The monoisotopic (exact) mass is 254 g/mol. The van der Waals surface area contributed by atoms with Crippen molar-refractivity contribution in [3.8, 4) is 5.69 Å². The Kier molecular flexibility index (Phi) is 3.10. The summed E-state index contributed by atoms with van der Waals surface area (Å²) in [6.45, 7) is 0. The van der Waals surface area contributed by atoms with E-state index >= 15 is 0 Å². The van der Waals surface area contributed by atoms with E-state index in [1.165, 1.54) is 6.07 Å². The van der Waals surface area contributed by atoms with Crippen LogP contribution in [0, 0.1) is 0 Å². The summed E-state index contributed by atoms with van der Waals surface area (Å²) in [4.78, 5) is 10.9. The third-order valence-corrected chi connectivity index (χ3v) is 2.29. The van der Waals surface area contributed by atoms with Gasteiger partial charge in [0.2, 0.25) is 0 Å². The third-order valence-electron chi connectivity index (χ3n) is 2.29. The van der Waals surface area contributed by atoms with Crippen molar-refractivity contribution >= 4 is 11.6 Å². The van der Waals surface area contributed by atoms with Crippen molar-refractivity contribution in [1.82, 2.24) is 4.57 Å². The second-order valence-electron chi connectivity index (χ2n) is 3.56. The lowest BCUT2D eigenvalue weighted by molar-refractivity contribution is -0.167. The van der Waals surface area contributed by atoms with E-state index in [0.29, 0.717) is 5.69 Å². The molecule has 1 heterocycles. The quantitative estimate of drug-likeness (QED) is 0.878. The second-order valence-corrected chi connectivity index (χ2v) is 3.56. The highest BCUT2D eigenvalue weighted by Crippen LogP contribution is 2.23. The molecule has 0 aliphatic rings. The Morgan fingerprint density at radius 3 is 2.28 bits per heavy atom.